The summed E-state index contributed by atoms with van der Waals surface area (Å²) < 4.78 is 49.7. The van der Waals surface area contributed by atoms with Gasteiger partial charge in [0.15, 0.2) is 11.5 Å². The molecule has 0 saturated carbocycles. The van der Waals surface area contributed by atoms with Crippen LogP contribution in [0.3, 0.4) is 0 Å². The standard InChI is InChI=1S/C25H34N2O7S/c1-17-9-10-20(31-3)23(12-17)35(29,30)27-11-7-8-19(16-27)25(28)26(2)15-18-13-21(32-4)24(34-6)22(14-18)33-5/h9-10,12-14,19H,7-8,11,15-16H2,1-6H3/t19-/m0/s1. The zero-order valence-corrected chi connectivity index (χ0v) is 22.0. The summed E-state index contributed by atoms with van der Waals surface area (Å²) in [5.41, 5.74) is 1.62. The molecule has 1 fully saturated rings. The summed E-state index contributed by atoms with van der Waals surface area (Å²) in [6.45, 7) is 2.63. The maximum Gasteiger partial charge on any atom is 0.246 e. The number of rotatable bonds is 9. The molecule has 3 rings (SSSR count). The third-order valence-electron chi connectivity index (χ3n) is 6.19. The van der Waals surface area contributed by atoms with Crippen LogP contribution in [-0.4, -0.2) is 72.1 Å². The van der Waals surface area contributed by atoms with Crippen LogP contribution in [0.4, 0.5) is 0 Å². The van der Waals surface area contributed by atoms with Crippen molar-refractivity contribution in [2.24, 2.45) is 5.92 Å². The maximum atomic E-state index is 13.4. The molecule has 1 aliphatic heterocycles. The van der Waals surface area contributed by atoms with Gasteiger partial charge >= 0.3 is 0 Å². The number of hydrogen-bond donors (Lipinski definition) is 0. The molecule has 192 valence electrons. The molecular weight excluding hydrogens is 472 g/mol. The van der Waals surface area contributed by atoms with Gasteiger partial charge in [0.05, 0.1) is 34.4 Å². The van der Waals surface area contributed by atoms with E-state index in [1.165, 1.54) is 32.7 Å². The van der Waals surface area contributed by atoms with Crippen LogP contribution < -0.4 is 18.9 Å². The lowest BCUT2D eigenvalue weighted by atomic mass is 9.98. The molecule has 1 aliphatic rings. The third kappa shape index (κ3) is 5.65. The Bertz CT molecular complexity index is 1140. The Labute approximate surface area is 207 Å². The van der Waals surface area contributed by atoms with Gasteiger partial charge in [-0.25, -0.2) is 8.42 Å². The third-order valence-corrected chi connectivity index (χ3v) is 8.08. The predicted molar refractivity (Wildman–Crippen MR) is 132 cm³/mol. The Morgan fingerprint density at radius 2 is 1.63 bits per heavy atom. The first-order valence-corrected chi connectivity index (χ1v) is 12.8. The molecular formula is C25H34N2O7S. The van der Waals surface area contributed by atoms with Crippen molar-refractivity contribution in [3.05, 3.63) is 41.5 Å². The van der Waals surface area contributed by atoms with Crippen molar-refractivity contribution >= 4 is 15.9 Å². The summed E-state index contributed by atoms with van der Waals surface area (Å²) in [5, 5.41) is 0. The number of carbonyl (C=O) groups is 1. The number of aryl methyl sites for hydroxylation is 1. The van der Waals surface area contributed by atoms with Crippen molar-refractivity contribution < 1.29 is 32.2 Å². The summed E-state index contributed by atoms with van der Waals surface area (Å²) in [7, 11) is 3.95. The van der Waals surface area contributed by atoms with Gasteiger partial charge in [-0.3, -0.25) is 4.79 Å². The van der Waals surface area contributed by atoms with Crippen molar-refractivity contribution in [1.82, 2.24) is 9.21 Å². The van der Waals surface area contributed by atoms with E-state index in [1.54, 1.807) is 42.3 Å². The van der Waals surface area contributed by atoms with Gasteiger partial charge in [0.25, 0.3) is 0 Å². The average Bonchev–Trinajstić information content (AvgIpc) is 2.87. The highest BCUT2D eigenvalue weighted by Gasteiger charge is 2.36. The van der Waals surface area contributed by atoms with Gasteiger partial charge in [0.1, 0.15) is 10.6 Å². The maximum absolute atomic E-state index is 13.4. The SMILES string of the molecule is COc1ccc(C)cc1S(=O)(=O)N1CCC[C@H](C(=O)N(C)Cc2cc(OC)c(OC)c(OC)c2)C1. The molecule has 0 aliphatic carbocycles. The molecule has 10 heteroatoms. The van der Waals surface area contributed by atoms with Crippen LogP contribution >= 0.6 is 0 Å². The summed E-state index contributed by atoms with van der Waals surface area (Å²) in [5.74, 6) is 1.22. The molecule has 0 radical (unpaired) electrons. The zero-order chi connectivity index (χ0) is 25.8. The minimum Gasteiger partial charge on any atom is -0.495 e. The summed E-state index contributed by atoms with van der Waals surface area (Å²) in [4.78, 5) is 15.0. The van der Waals surface area contributed by atoms with Crippen molar-refractivity contribution in [3.8, 4) is 23.0 Å². The van der Waals surface area contributed by atoms with E-state index in [1.807, 2.05) is 6.92 Å². The van der Waals surface area contributed by atoms with E-state index in [2.05, 4.69) is 0 Å². The van der Waals surface area contributed by atoms with E-state index in [9.17, 15) is 13.2 Å². The molecule has 0 aromatic heterocycles. The molecule has 1 atom stereocenters. The number of carbonyl (C=O) groups excluding carboxylic acids is 1. The van der Waals surface area contributed by atoms with E-state index in [0.29, 0.717) is 48.9 Å². The second kappa shape index (κ2) is 11.2. The van der Waals surface area contributed by atoms with Crippen LogP contribution in [0.1, 0.15) is 24.0 Å². The number of piperidine rings is 1. The monoisotopic (exact) mass is 506 g/mol. The number of benzene rings is 2. The first kappa shape index (κ1) is 26.6. The molecule has 1 amide bonds. The minimum atomic E-state index is -3.81. The van der Waals surface area contributed by atoms with Crippen molar-refractivity contribution in [1.29, 1.82) is 0 Å². The summed E-state index contributed by atoms with van der Waals surface area (Å²) in [6, 6.07) is 8.66. The van der Waals surface area contributed by atoms with E-state index >= 15 is 0 Å². The van der Waals surface area contributed by atoms with Gasteiger partial charge in [-0.2, -0.15) is 4.31 Å². The van der Waals surface area contributed by atoms with Gasteiger partial charge in [-0.05, 0) is 55.2 Å². The fourth-order valence-corrected chi connectivity index (χ4v) is 6.14. The van der Waals surface area contributed by atoms with Crippen LogP contribution in [0.5, 0.6) is 23.0 Å². The van der Waals surface area contributed by atoms with Gasteiger partial charge < -0.3 is 23.8 Å². The van der Waals surface area contributed by atoms with Gasteiger partial charge in [-0.15, -0.1) is 0 Å². The fraction of sp³-hybridized carbons (Fsp3) is 0.480. The van der Waals surface area contributed by atoms with Crippen molar-refractivity contribution in [2.45, 2.75) is 31.2 Å². The molecule has 0 unspecified atom stereocenters. The van der Waals surface area contributed by atoms with E-state index in [0.717, 1.165) is 11.1 Å². The molecule has 2 aromatic rings. The van der Waals surface area contributed by atoms with Gasteiger partial charge in [0.2, 0.25) is 21.7 Å². The lowest BCUT2D eigenvalue weighted by molar-refractivity contribution is -0.135. The molecule has 0 N–H and O–H groups in total. The first-order valence-electron chi connectivity index (χ1n) is 11.3. The van der Waals surface area contributed by atoms with Crippen LogP contribution in [0, 0.1) is 12.8 Å². The molecule has 1 saturated heterocycles. The highest BCUT2D eigenvalue weighted by atomic mass is 32.2. The smallest absolute Gasteiger partial charge is 0.246 e. The number of ether oxygens (including phenoxy) is 4. The van der Waals surface area contributed by atoms with Crippen molar-refractivity contribution in [3.63, 3.8) is 0 Å². The second-order valence-electron chi connectivity index (χ2n) is 8.58. The van der Waals surface area contributed by atoms with Crippen LogP contribution in [0.2, 0.25) is 0 Å². The highest BCUT2D eigenvalue weighted by Crippen LogP contribution is 2.38. The number of sulfonamides is 1. The molecule has 1 heterocycles. The lowest BCUT2D eigenvalue weighted by Gasteiger charge is -2.33. The Morgan fingerprint density at radius 3 is 2.20 bits per heavy atom. The van der Waals surface area contributed by atoms with E-state index in [4.69, 9.17) is 18.9 Å². The van der Waals surface area contributed by atoms with Gasteiger partial charge in [-0.1, -0.05) is 6.07 Å². The van der Waals surface area contributed by atoms with Crippen molar-refractivity contribution in [2.75, 3.05) is 48.6 Å². The summed E-state index contributed by atoms with van der Waals surface area (Å²) >= 11 is 0. The Balaban J connectivity index is 1.78. The van der Waals surface area contributed by atoms with Gasteiger partial charge in [0, 0.05) is 26.7 Å². The Hall–Kier alpha value is -2.98. The lowest BCUT2D eigenvalue weighted by Crippen LogP contribution is -2.45. The molecule has 9 nitrogen and oxygen atoms in total. The highest BCUT2D eigenvalue weighted by molar-refractivity contribution is 7.89. The average molecular weight is 507 g/mol. The number of amides is 1. The number of hydrogen-bond acceptors (Lipinski definition) is 7. The first-order chi connectivity index (χ1) is 16.7. The van der Waals surface area contributed by atoms with Crippen LogP contribution in [0.25, 0.3) is 0 Å². The van der Waals surface area contributed by atoms with Crippen LogP contribution in [0.15, 0.2) is 35.2 Å². The Morgan fingerprint density at radius 1 is 1.00 bits per heavy atom. The van der Waals surface area contributed by atoms with E-state index in [-0.39, 0.29) is 17.3 Å². The molecule has 35 heavy (non-hydrogen) atoms. The van der Waals surface area contributed by atoms with E-state index < -0.39 is 15.9 Å². The minimum absolute atomic E-state index is 0.116. The molecule has 0 spiro atoms. The largest absolute Gasteiger partial charge is 0.495 e. The molecule has 0 bridgehead atoms. The molecule has 2 aromatic carbocycles. The predicted octanol–water partition coefficient (Wildman–Crippen LogP) is 3.09. The van der Waals surface area contributed by atoms with Crippen LogP contribution in [-0.2, 0) is 21.4 Å². The normalized spacial score (nSPS) is 16.5. The Kier molecular flexibility index (Phi) is 8.50. The topological polar surface area (TPSA) is 94.6 Å². The summed E-state index contributed by atoms with van der Waals surface area (Å²) in [6.07, 6.45) is 1.22. The fourth-order valence-electron chi connectivity index (χ4n) is 4.38. The zero-order valence-electron chi connectivity index (χ0n) is 21.2. The quantitative estimate of drug-likeness (QED) is 0.516. The second-order valence-corrected chi connectivity index (χ2v) is 10.5. The number of nitrogens with zero attached hydrogens (tertiary/aromatic N) is 2. The number of methoxy groups -OCH3 is 4.